The lowest BCUT2D eigenvalue weighted by atomic mass is 9.86. The van der Waals surface area contributed by atoms with Crippen LogP contribution in [0, 0.1) is 5.92 Å². The van der Waals surface area contributed by atoms with Crippen LogP contribution in [0.15, 0.2) is 12.1 Å². The molecule has 1 atom stereocenters. The highest BCUT2D eigenvalue weighted by Crippen LogP contribution is 2.37. The van der Waals surface area contributed by atoms with Gasteiger partial charge in [0.2, 0.25) is 17.7 Å². The molecule has 0 radical (unpaired) electrons. The number of fused-ring (bicyclic) bond motifs is 1. The number of carbonyl (C=O) groups excluding carboxylic acids is 1. The van der Waals surface area contributed by atoms with E-state index in [1.165, 1.54) is 6.42 Å². The van der Waals surface area contributed by atoms with E-state index < -0.39 is 0 Å². The highest BCUT2D eigenvalue weighted by molar-refractivity contribution is 5.91. The maximum atomic E-state index is 12.7. The van der Waals surface area contributed by atoms with Crippen LogP contribution in [0.1, 0.15) is 58.4 Å². The van der Waals surface area contributed by atoms with Crippen LogP contribution in [0.3, 0.4) is 0 Å². The summed E-state index contributed by atoms with van der Waals surface area (Å²) in [5.74, 6) is 1.52. The van der Waals surface area contributed by atoms with Gasteiger partial charge < -0.3 is 9.47 Å². The van der Waals surface area contributed by atoms with E-state index in [2.05, 4.69) is 33.7 Å². The van der Waals surface area contributed by atoms with E-state index in [0.29, 0.717) is 30.2 Å². The fraction of sp³-hybridized carbons (Fsp3) is 0.650. The number of methoxy groups -OCH3 is 1. The zero-order valence-corrected chi connectivity index (χ0v) is 16.3. The van der Waals surface area contributed by atoms with Crippen LogP contribution in [-0.2, 0) is 9.53 Å². The van der Waals surface area contributed by atoms with Crippen molar-refractivity contribution in [1.29, 1.82) is 0 Å². The van der Waals surface area contributed by atoms with Crippen molar-refractivity contribution in [3.63, 3.8) is 0 Å². The number of imidazole rings is 1. The number of anilines is 1. The first-order chi connectivity index (χ1) is 12.9. The molecule has 1 saturated carbocycles. The summed E-state index contributed by atoms with van der Waals surface area (Å²) < 4.78 is 13.1. The van der Waals surface area contributed by atoms with Crippen molar-refractivity contribution in [3.05, 3.63) is 12.1 Å². The molecule has 2 aromatic rings. The van der Waals surface area contributed by atoms with Crippen molar-refractivity contribution in [2.45, 2.75) is 64.0 Å². The molecule has 0 spiro atoms. The Hall–Kier alpha value is -2.15. The first kappa shape index (κ1) is 18.2. The molecule has 1 aliphatic heterocycles. The van der Waals surface area contributed by atoms with Crippen molar-refractivity contribution in [1.82, 2.24) is 14.5 Å². The van der Waals surface area contributed by atoms with Crippen molar-refractivity contribution >= 4 is 23.0 Å². The zero-order valence-electron chi connectivity index (χ0n) is 16.3. The number of carbonyl (C=O) groups is 1. The molecule has 1 N–H and O–H groups in total. The van der Waals surface area contributed by atoms with Crippen molar-refractivity contribution < 1.29 is 14.3 Å². The second-order valence-electron chi connectivity index (χ2n) is 8.31. The molecule has 7 heteroatoms. The molecule has 0 bridgehead atoms. The SMILES string of the molecule is COc1ccc2nc(NC(=O)CC3CCOC(C)(C)C3)n(C3CCC3)c2n1. The third-order valence-corrected chi connectivity index (χ3v) is 5.69. The van der Waals surface area contributed by atoms with E-state index in [1.807, 2.05) is 6.07 Å². The second kappa shape index (κ2) is 7.11. The van der Waals surface area contributed by atoms with Gasteiger partial charge in [-0.15, -0.1) is 0 Å². The molecule has 146 valence electrons. The Morgan fingerprint density at radius 3 is 2.81 bits per heavy atom. The predicted octanol–water partition coefficient (Wildman–Crippen LogP) is 3.70. The highest BCUT2D eigenvalue weighted by Gasteiger charge is 2.31. The molecule has 2 fully saturated rings. The van der Waals surface area contributed by atoms with Gasteiger partial charge in [-0.2, -0.15) is 4.98 Å². The summed E-state index contributed by atoms with van der Waals surface area (Å²) in [4.78, 5) is 21.9. The number of ether oxygens (including phenoxy) is 2. The van der Waals surface area contributed by atoms with Gasteiger partial charge in [0.05, 0.1) is 12.7 Å². The third kappa shape index (κ3) is 3.78. The molecule has 7 nitrogen and oxygen atoms in total. The normalized spacial score (nSPS) is 22.4. The van der Waals surface area contributed by atoms with Crippen LogP contribution in [0.2, 0.25) is 0 Å². The molecule has 0 aromatic carbocycles. The van der Waals surface area contributed by atoms with Gasteiger partial charge >= 0.3 is 0 Å². The number of nitrogens with one attached hydrogen (secondary N) is 1. The van der Waals surface area contributed by atoms with Gasteiger partial charge in [0.15, 0.2) is 5.65 Å². The van der Waals surface area contributed by atoms with Gasteiger partial charge in [0.1, 0.15) is 5.52 Å². The minimum absolute atomic E-state index is 0.0144. The first-order valence-corrected chi connectivity index (χ1v) is 9.82. The largest absolute Gasteiger partial charge is 0.481 e. The smallest absolute Gasteiger partial charge is 0.226 e. The van der Waals surface area contributed by atoms with Crippen molar-refractivity contribution in [3.8, 4) is 5.88 Å². The lowest BCUT2D eigenvalue weighted by Crippen LogP contribution is -2.35. The van der Waals surface area contributed by atoms with Crippen LogP contribution >= 0.6 is 0 Å². The van der Waals surface area contributed by atoms with E-state index in [9.17, 15) is 4.79 Å². The lowest BCUT2D eigenvalue weighted by Gasteiger charge is -2.35. The van der Waals surface area contributed by atoms with Crippen LogP contribution < -0.4 is 10.1 Å². The fourth-order valence-electron chi connectivity index (χ4n) is 4.12. The average Bonchev–Trinajstić information content (AvgIpc) is 2.89. The minimum atomic E-state index is -0.150. The van der Waals surface area contributed by atoms with Gasteiger partial charge in [-0.1, -0.05) is 0 Å². The molecule has 1 saturated heterocycles. The number of nitrogens with zero attached hydrogens (tertiary/aromatic N) is 3. The number of amides is 1. The summed E-state index contributed by atoms with van der Waals surface area (Å²) in [7, 11) is 1.61. The van der Waals surface area contributed by atoms with Crippen molar-refractivity contribution in [2.24, 2.45) is 5.92 Å². The Labute approximate surface area is 159 Å². The predicted molar refractivity (Wildman–Crippen MR) is 103 cm³/mol. The molecule has 1 unspecified atom stereocenters. The molecule has 2 aliphatic rings. The van der Waals surface area contributed by atoms with Crippen LogP contribution in [0.25, 0.3) is 11.2 Å². The van der Waals surface area contributed by atoms with E-state index in [0.717, 1.165) is 43.5 Å². The topological polar surface area (TPSA) is 78.3 Å². The summed E-state index contributed by atoms with van der Waals surface area (Å²) in [6.45, 7) is 4.90. The summed E-state index contributed by atoms with van der Waals surface area (Å²) in [6, 6.07) is 4.04. The average molecular weight is 372 g/mol. The summed E-state index contributed by atoms with van der Waals surface area (Å²) in [6.07, 6.45) is 5.69. The maximum absolute atomic E-state index is 12.7. The minimum Gasteiger partial charge on any atom is -0.481 e. The molecule has 27 heavy (non-hydrogen) atoms. The van der Waals surface area contributed by atoms with Crippen LogP contribution in [0.5, 0.6) is 5.88 Å². The lowest BCUT2D eigenvalue weighted by molar-refractivity contribution is -0.120. The standard InChI is InChI=1S/C20H28N4O3/c1-20(2)12-13(9-10-27-20)11-16(25)22-19-21-15-7-8-17(26-3)23-18(15)24(19)14-5-4-6-14/h7-8,13-14H,4-6,9-12H2,1-3H3,(H,21,22,25). The van der Waals surface area contributed by atoms with Gasteiger partial charge in [-0.3, -0.25) is 14.7 Å². The second-order valence-corrected chi connectivity index (χ2v) is 8.31. The molecule has 3 heterocycles. The summed E-state index contributed by atoms with van der Waals surface area (Å²) in [5, 5.41) is 3.05. The van der Waals surface area contributed by atoms with Gasteiger partial charge in [0, 0.05) is 25.1 Å². The summed E-state index contributed by atoms with van der Waals surface area (Å²) in [5.41, 5.74) is 1.41. The van der Waals surface area contributed by atoms with Gasteiger partial charge in [0.25, 0.3) is 0 Å². The van der Waals surface area contributed by atoms with Gasteiger partial charge in [-0.05, 0) is 57.9 Å². The molecular formula is C20H28N4O3. The molecule has 2 aromatic heterocycles. The number of hydrogen-bond acceptors (Lipinski definition) is 5. The Bertz CT molecular complexity index is 841. The number of hydrogen-bond donors (Lipinski definition) is 1. The van der Waals surface area contributed by atoms with Crippen LogP contribution in [0.4, 0.5) is 5.95 Å². The van der Waals surface area contributed by atoms with Crippen molar-refractivity contribution in [2.75, 3.05) is 19.0 Å². The van der Waals surface area contributed by atoms with E-state index in [1.54, 1.807) is 13.2 Å². The van der Waals surface area contributed by atoms with E-state index in [-0.39, 0.29) is 11.5 Å². The summed E-state index contributed by atoms with van der Waals surface area (Å²) >= 11 is 0. The Morgan fingerprint density at radius 1 is 1.33 bits per heavy atom. The fourth-order valence-corrected chi connectivity index (χ4v) is 4.12. The monoisotopic (exact) mass is 372 g/mol. The number of pyridine rings is 1. The van der Waals surface area contributed by atoms with Crippen LogP contribution in [-0.4, -0.2) is 39.8 Å². The zero-order chi connectivity index (χ0) is 19.0. The molecule has 1 aliphatic carbocycles. The Morgan fingerprint density at radius 2 is 2.15 bits per heavy atom. The Kier molecular flexibility index (Phi) is 4.80. The highest BCUT2D eigenvalue weighted by atomic mass is 16.5. The quantitative estimate of drug-likeness (QED) is 0.866. The van der Waals surface area contributed by atoms with E-state index in [4.69, 9.17) is 9.47 Å². The molecular weight excluding hydrogens is 344 g/mol. The maximum Gasteiger partial charge on any atom is 0.226 e. The van der Waals surface area contributed by atoms with Gasteiger partial charge in [-0.25, -0.2) is 4.98 Å². The number of rotatable bonds is 5. The molecule has 4 rings (SSSR count). The van der Waals surface area contributed by atoms with E-state index >= 15 is 0 Å². The number of aromatic nitrogens is 3. The first-order valence-electron chi connectivity index (χ1n) is 9.82. The Balaban J connectivity index is 1.55. The third-order valence-electron chi connectivity index (χ3n) is 5.69. The molecule has 1 amide bonds.